The molecule has 0 aliphatic heterocycles. The summed E-state index contributed by atoms with van der Waals surface area (Å²) in [5.74, 6) is 0.423. The second kappa shape index (κ2) is 6.55. The summed E-state index contributed by atoms with van der Waals surface area (Å²) >= 11 is 0. The van der Waals surface area contributed by atoms with Gasteiger partial charge in [-0.05, 0) is 6.92 Å². The number of H-pyrrole nitrogens is 1. The number of ether oxygens (including phenoxy) is 1. The molecule has 0 saturated carbocycles. The number of nitrogens with two attached hydrogens (primary N) is 1. The van der Waals surface area contributed by atoms with Crippen LogP contribution in [0.25, 0.3) is 11.2 Å². The summed E-state index contributed by atoms with van der Waals surface area (Å²) in [6.45, 7) is 3.68. The van der Waals surface area contributed by atoms with Crippen molar-refractivity contribution in [1.29, 1.82) is 0 Å². The molecule has 0 aromatic carbocycles. The molecule has 0 saturated heterocycles. The Bertz CT molecular complexity index is 729. The van der Waals surface area contributed by atoms with Crippen LogP contribution in [0.1, 0.15) is 6.92 Å². The standard InChI is InChI=1S/C12H20N6O3/c1-3-17-10(19)8-9(16-11(15-8)14-5-4-13)18(12(17)20)6-7-21-2/h3-7,13H2,1-2H3,(H2,14,15,16). The number of rotatable bonds is 7. The predicted molar refractivity (Wildman–Crippen MR) is 79.7 cm³/mol. The third-order valence-corrected chi connectivity index (χ3v) is 3.13. The first-order valence-electron chi connectivity index (χ1n) is 6.80. The fourth-order valence-corrected chi connectivity index (χ4v) is 2.10. The minimum absolute atomic E-state index is 0.297. The molecule has 0 aliphatic carbocycles. The number of hydrogen-bond acceptors (Lipinski definition) is 6. The molecule has 0 fully saturated rings. The number of nitrogens with one attached hydrogen (secondary N) is 2. The zero-order valence-corrected chi connectivity index (χ0v) is 12.2. The van der Waals surface area contributed by atoms with Gasteiger partial charge in [-0.15, -0.1) is 0 Å². The average molecular weight is 296 g/mol. The maximum absolute atomic E-state index is 12.3. The molecule has 9 nitrogen and oxygen atoms in total. The molecule has 0 radical (unpaired) electrons. The molecule has 2 aromatic heterocycles. The van der Waals surface area contributed by atoms with E-state index in [0.29, 0.717) is 49.9 Å². The highest BCUT2D eigenvalue weighted by molar-refractivity contribution is 5.72. The molecular weight excluding hydrogens is 276 g/mol. The van der Waals surface area contributed by atoms with Gasteiger partial charge in [0.05, 0.1) is 13.2 Å². The molecule has 9 heteroatoms. The number of nitrogens with zero attached hydrogens (tertiary/aromatic N) is 3. The highest BCUT2D eigenvalue weighted by atomic mass is 16.5. The molecule has 2 rings (SSSR count). The van der Waals surface area contributed by atoms with Gasteiger partial charge in [0.1, 0.15) is 0 Å². The summed E-state index contributed by atoms with van der Waals surface area (Å²) in [5, 5.41) is 2.96. The lowest BCUT2D eigenvalue weighted by molar-refractivity contribution is 0.186. The third-order valence-electron chi connectivity index (χ3n) is 3.13. The second-order valence-corrected chi connectivity index (χ2v) is 4.48. The highest BCUT2D eigenvalue weighted by Crippen LogP contribution is 2.09. The molecule has 0 aliphatic rings. The lowest BCUT2D eigenvalue weighted by atomic mass is 10.5. The molecule has 2 aromatic rings. The fourth-order valence-electron chi connectivity index (χ4n) is 2.10. The van der Waals surface area contributed by atoms with E-state index < -0.39 is 0 Å². The molecule has 0 bridgehead atoms. The summed E-state index contributed by atoms with van der Waals surface area (Å²) in [6, 6.07) is 0. The molecule has 0 spiro atoms. The van der Waals surface area contributed by atoms with Gasteiger partial charge >= 0.3 is 5.69 Å². The van der Waals surface area contributed by atoms with Gasteiger partial charge in [0.25, 0.3) is 5.56 Å². The van der Waals surface area contributed by atoms with Crippen LogP contribution in [-0.2, 0) is 17.8 Å². The summed E-state index contributed by atoms with van der Waals surface area (Å²) in [7, 11) is 1.55. The number of hydrogen-bond donors (Lipinski definition) is 3. The monoisotopic (exact) mass is 296 g/mol. The number of methoxy groups -OCH3 is 1. The normalized spacial score (nSPS) is 11.2. The molecule has 4 N–H and O–H groups in total. The summed E-state index contributed by atoms with van der Waals surface area (Å²) in [5.41, 5.74) is 5.29. The fraction of sp³-hybridized carbons (Fsp3) is 0.583. The van der Waals surface area contributed by atoms with Gasteiger partial charge < -0.3 is 20.8 Å². The number of aromatic amines is 1. The Morgan fingerprint density at radius 3 is 2.76 bits per heavy atom. The van der Waals surface area contributed by atoms with Gasteiger partial charge in [0.15, 0.2) is 11.2 Å². The van der Waals surface area contributed by atoms with E-state index in [2.05, 4.69) is 15.3 Å². The van der Waals surface area contributed by atoms with Crippen LogP contribution in [0.2, 0.25) is 0 Å². The number of anilines is 1. The van der Waals surface area contributed by atoms with Crippen LogP contribution in [-0.4, -0.2) is 45.9 Å². The Morgan fingerprint density at radius 2 is 2.14 bits per heavy atom. The van der Waals surface area contributed by atoms with Crippen molar-refractivity contribution in [2.45, 2.75) is 20.0 Å². The van der Waals surface area contributed by atoms with Gasteiger partial charge in [-0.3, -0.25) is 13.9 Å². The third kappa shape index (κ3) is 2.83. The first-order chi connectivity index (χ1) is 10.1. The molecule has 2 heterocycles. The summed E-state index contributed by atoms with van der Waals surface area (Å²) < 4.78 is 7.62. The first-order valence-corrected chi connectivity index (χ1v) is 6.80. The smallest absolute Gasteiger partial charge is 0.332 e. The second-order valence-electron chi connectivity index (χ2n) is 4.48. The van der Waals surface area contributed by atoms with E-state index in [-0.39, 0.29) is 11.2 Å². The molecule has 116 valence electrons. The average Bonchev–Trinajstić information content (AvgIpc) is 2.90. The van der Waals surface area contributed by atoms with Gasteiger partial charge in [0.2, 0.25) is 5.95 Å². The Kier molecular flexibility index (Phi) is 4.76. The van der Waals surface area contributed by atoms with Crippen molar-refractivity contribution in [1.82, 2.24) is 19.1 Å². The zero-order chi connectivity index (χ0) is 15.4. The van der Waals surface area contributed by atoms with Gasteiger partial charge in [-0.2, -0.15) is 4.98 Å². The Balaban J connectivity index is 2.64. The van der Waals surface area contributed by atoms with Gasteiger partial charge in [-0.1, -0.05) is 0 Å². The largest absolute Gasteiger partial charge is 0.383 e. The SMILES string of the molecule is CCn1c(=O)c2[nH]c(NCCN)nc2n(CCOC)c1=O. The van der Waals surface area contributed by atoms with E-state index in [1.54, 1.807) is 14.0 Å². The molecule has 0 unspecified atom stereocenters. The molecule has 0 amide bonds. The maximum Gasteiger partial charge on any atom is 0.332 e. The van der Waals surface area contributed by atoms with Crippen LogP contribution in [0.15, 0.2) is 9.59 Å². The predicted octanol–water partition coefficient (Wildman–Crippen LogP) is -1.08. The Hall–Kier alpha value is -2.13. The van der Waals surface area contributed by atoms with Crippen LogP contribution < -0.4 is 22.3 Å². The molecule has 21 heavy (non-hydrogen) atoms. The van der Waals surface area contributed by atoms with Crippen LogP contribution in [0.3, 0.4) is 0 Å². The van der Waals surface area contributed by atoms with Crippen LogP contribution in [0.5, 0.6) is 0 Å². The van der Waals surface area contributed by atoms with Crippen molar-refractivity contribution in [2.24, 2.45) is 5.73 Å². The van der Waals surface area contributed by atoms with E-state index in [1.807, 2.05) is 0 Å². The van der Waals surface area contributed by atoms with Crippen molar-refractivity contribution in [2.75, 3.05) is 32.1 Å². The lowest BCUT2D eigenvalue weighted by Crippen LogP contribution is -2.40. The van der Waals surface area contributed by atoms with Crippen LogP contribution >= 0.6 is 0 Å². The van der Waals surface area contributed by atoms with Crippen molar-refractivity contribution in [3.05, 3.63) is 20.8 Å². The zero-order valence-electron chi connectivity index (χ0n) is 12.2. The highest BCUT2D eigenvalue weighted by Gasteiger charge is 2.16. The minimum atomic E-state index is -0.385. The lowest BCUT2D eigenvalue weighted by Gasteiger charge is -2.08. The van der Waals surface area contributed by atoms with E-state index in [0.717, 1.165) is 0 Å². The number of fused-ring (bicyclic) bond motifs is 1. The molecular formula is C12H20N6O3. The van der Waals surface area contributed by atoms with Crippen molar-refractivity contribution >= 4 is 17.1 Å². The Morgan fingerprint density at radius 1 is 1.38 bits per heavy atom. The van der Waals surface area contributed by atoms with Crippen LogP contribution in [0.4, 0.5) is 5.95 Å². The maximum atomic E-state index is 12.3. The van der Waals surface area contributed by atoms with Crippen molar-refractivity contribution < 1.29 is 4.74 Å². The first kappa shape index (κ1) is 15.3. The van der Waals surface area contributed by atoms with E-state index >= 15 is 0 Å². The summed E-state index contributed by atoms with van der Waals surface area (Å²) in [6.07, 6.45) is 0. The summed E-state index contributed by atoms with van der Waals surface area (Å²) in [4.78, 5) is 31.8. The van der Waals surface area contributed by atoms with Crippen molar-refractivity contribution in [3.63, 3.8) is 0 Å². The quantitative estimate of drug-likeness (QED) is 0.598. The van der Waals surface area contributed by atoms with E-state index in [1.165, 1.54) is 9.13 Å². The van der Waals surface area contributed by atoms with E-state index in [9.17, 15) is 9.59 Å². The topological polar surface area (TPSA) is 120 Å². The number of imidazole rings is 1. The van der Waals surface area contributed by atoms with Gasteiger partial charge in [-0.25, -0.2) is 4.79 Å². The number of aromatic nitrogens is 4. The van der Waals surface area contributed by atoms with Crippen molar-refractivity contribution in [3.8, 4) is 0 Å². The van der Waals surface area contributed by atoms with Crippen LogP contribution in [0, 0.1) is 0 Å². The van der Waals surface area contributed by atoms with E-state index in [4.69, 9.17) is 10.5 Å². The Labute approximate surface area is 120 Å². The van der Waals surface area contributed by atoms with Gasteiger partial charge in [0, 0.05) is 26.7 Å². The molecule has 0 atom stereocenters. The minimum Gasteiger partial charge on any atom is -0.383 e.